The Bertz CT molecular complexity index is 934. The second-order valence-corrected chi connectivity index (χ2v) is 9.35. The summed E-state index contributed by atoms with van der Waals surface area (Å²) < 4.78 is 5.19. The zero-order chi connectivity index (χ0) is 23.5. The average Bonchev–Trinajstić information content (AvgIpc) is 3.45. The molecule has 2 aromatic heterocycles. The van der Waals surface area contributed by atoms with Crippen LogP contribution in [0, 0.1) is 11.8 Å². The first-order chi connectivity index (χ1) is 15.2. The minimum absolute atomic E-state index is 0. The lowest BCUT2D eigenvalue weighted by molar-refractivity contribution is -0.129. The quantitative estimate of drug-likeness (QED) is 0.740. The maximum atomic E-state index is 12.5. The van der Waals surface area contributed by atoms with Gasteiger partial charge < -0.3 is 24.8 Å². The molecule has 0 spiro atoms. The predicted octanol–water partition coefficient (Wildman–Crippen LogP) is 3.67. The molecule has 2 N–H and O–H groups in total. The van der Waals surface area contributed by atoms with Crippen molar-refractivity contribution in [2.45, 2.75) is 59.1 Å². The Kier molecular flexibility index (Phi) is 7.26. The van der Waals surface area contributed by atoms with Crippen LogP contribution in [0.4, 0.5) is 10.6 Å². The second kappa shape index (κ2) is 9.75. The highest BCUT2D eigenvalue weighted by atomic mass is 16.6. The molecular formula is C23H40N6O3. The summed E-state index contributed by atoms with van der Waals surface area (Å²) >= 11 is 0. The highest BCUT2D eigenvalue weighted by Gasteiger charge is 2.43. The third-order valence-corrected chi connectivity index (χ3v) is 6.08. The van der Waals surface area contributed by atoms with Gasteiger partial charge in [0.25, 0.3) is 0 Å². The molecular weight excluding hydrogens is 408 g/mol. The highest BCUT2D eigenvalue weighted by molar-refractivity contribution is 5.87. The van der Waals surface area contributed by atoms with Crippen LogP contribution in [0.25, 0.3) is 11.0 Å². The van der Waals surface area contributed by atoms with Gasteiger partial charge in [-0.2, -0.15) is 0 Å². The van der Waals surface area contributed by atoms with Gasteiger partial charge in [-0.25, -0.2) is 14.8 Å². The molecule has 3 atom stereocenters. The Labute approximate surface area is 192 Å². The molecule has 1 saturated carbocycles. The lowest BCUT2D eigenvalue weighted by Crippen LogP contribution is -2.42. The van der Waals surface area contributed by atoms with Crippen LogP contribution in [-0.4, -0.2) is 70.2 Å². The minimum Gasteiger partial charge on any atom is -0.444 e. The average molecular weight is 449 g/mol. The van der Waals surface area contributed by atoms with Crippen molar-refractivity contribution in [1.29, 1.82) is 0 Å². The van der Waals surface area contributed by atoms with Crippen molar-refractivity contribution in [2.24, 2.45) is 11.8 Å². The van der Waals surface area contributed by atoms with Crippen LogP contribution in [0.15, 0.2) is 18.6 Å². The summed E-state index contributed by atoms with van der Waals surface area (Å²) in [6, 6.07) is 2.40. The predicted molar refractivity (Wildman–Crippen MR) is 129 cm³/mol. The van der Waals surface area contributed by atoms with Gasteiger partial charge in [-0.05, 0) is 51.5 Å². The van der Waals surface area contributed by atoms with E-state index in [0.717, 1.165) is 42.8 Å². The number of likely N-dealkylation sites (tertiary alicyclic amines) is 1. The van der Waals surface area contributed by atoms with Gasteiger partial charge in [-0.15, -0.1) is 0 Å². The number of rotatable bonds is 4. The summed E-state index contributed by atoms with van der Waals surface area (Å²) in [5, 5.41) is 3.60. The van der Waals surface area contributed by atoms with Crippen molar-refractivity contribution in [3.05, 3.63) is 18.6 Å². The van der Waals surface area contributed by atoms with Crippen LogP contribution >= 0.6 is 0 Å². The van der Waals surface area contributed by atoms with E-state index in [2.05, 4.69) is 32.2 Å². The number of alkyl carbamates (subject to hydrolysis) is 1. The van der Waals surface area contributed by atoms with Crippen molar-refractivity contribution in [3.8, 4) is 0 Å². The lowest BCUT2D eigenvalue weighted by atomic mass is 10.0. The molecule has 1 saturated heterocycles. The fourth-order valence-corrected chi connectivity index (χ4v) is 4.67. The van der Waals surface area contributed by atoms with E-state index in [1.807, 2.05) is 31.0 Å². The molecule has 1 unspecified atom stereocenters. The Hall–Kier alpha value is -2.84. The fraction of sp³-hybridized carbons (Fsp3) is 0.652. The standard InChI is InChI=1S/C21H30N6O3.C2H6.2H2/c1-21(2,3)30-20(29)23-9-17(28)27-10-13-7-15(8-14(13)11-27)26(4)19-16-5-6-22-18(16)24-12-25-19;1-2;;/h5-6,12-15H,7-11H2,1-4H3,(H,23,29)(H,22,24,25);1-2H3;2*1H/t13-,14+,15?;;;. The number of ether oxygens (including phenoxy) is 1. The Morgan fingerprint density at radius 1 is 1.25 bits per heavy atom. The van der Waals surface area contributed by atoms with E-state index in [1.54, 1.807) is 27.1 Å². The summed E-state index contributed by atoms with van der Waals surface area (Å²) in [7, 11) is 2.09. The summed E-state index contributed by atoms with van der Waals surface area (Å²) in [4.78, 5) is 40.3. The molecule has 9 nitrogen and oxygen atoms in total. The third-order valence-electron chi connectivity index (χ3n) is 6.08. The zero-order valence-corrected chi connectivity index (χ0v) is 20.0. The number of aromatic nitrogens is 3. The zero-order valence-electron chi connectivity index (χ0n) is 20.0. The number of aromatic amines is 1. The first-order valence-corrected chi connectivity index (χ1v) is 11.5. The molecule has 2 fully saturated rings. The lowest BCUT2D eigenvalue weighted by Gasteiger charge is -2.28. The number of anilines is 1. The summed E-state index contributed by atoms with van der Waals surface area (Å²) in [5.74, 6) is 1.85. The van der Waals surface area contributed by atoms with E-state index in [0.29, 0.717) is 17.9 Å². The maximum absolute atomic E-state index is 12.5. The number of H-pyrrole nitrogens is 1. The van der Waals surface area contributed by atoms with E-state index in [4.69, 9.17) is 4.74 Å². The molecule has 1 aliphatic carbocycles. The van der Waals surface area contributed by atoms with Crippen LogP contribution in [0.1, 0.15) is 50.3 Å². The molecule has 0 radical (unpaired) electrons. The summed E-state index contributed by atoms with van der Waals surface area (Å²) in [6.45, 7) is 10.9. The van der Waals surface area contributed by atoms with Crippen LogP contribution in [0.3, 0.4) is 0 Å². The second-order valence-electron chi connectivity index (χ2n) is 9.35. The first kappa shape index (κ1) is 23.8. The molecule has 0 aromatic carbocycles. The van der Waals surface area contributed by atoms with Crippen LogP contribution < -0.4 is 10.2 Å². The van der Waals surface area contributed by atoms with Gasteiger partial charge in [0.05, 0.1) is 5.39 Å². The maximum Gasteiger partial charge on any atom is 0.408 e. The topological polar surface area (TPSA) is 103 Å². The number of hydrogen-bond donors (Lipinski definition) is 2. The number of hydrogen-bond acceptors (Lipinski definition) is 6. The largest absolute Gasteiger partial charge is 0.444 e. The van der Waals surface area contributed by atoms with Gasteiger partial charge in [0.1, 0.15) is 29.9 Å². The molecule has 32 heavy (non-hydrogen) atoms. The number of carbonyl (C=O) groups excluding carboxylic acids is 2. The fourth-order valence-electron chi connectivity index (χ4n) is 4.67. The SMILES string of the molecule is CC.CN(c1ncnc2[nH]ccc12)C1C[C@@H]2CN(C(=O)CNC(=O)OC(C)(C)C)C[C@@H]2C1.[HH].[HH]. The van der Waals surface area contributed by atoms with Crippen LogP contribution in [0.5, 0.6) is 0 Å². The normalized spacial score (nSPS) is 22.2. The Morgan fingerprint density at radius 3 is 2.53 bits per heavy atom. The summed E-state index contributed by atoms with van der Waals surface area (Å²) in [6.07, 6.45) is 4.98. The molecule has 2 aliphatic rings. The van der Waals surface area contributed by atoms with E-state index in [9.17, 15) is 9.59 Å². The molecule has 0 bridgehead atoms. The van der Waals surface area contributed by atoms with Gasteiger partial charge in [-0.1, -0.05) is 13.8 Å². The van der Waals surface area contributed by atoms with Gasteiger partial charge in [0, 0.05) is 35.2 Å². The van der Waals surface area contributed by atoms with E-state index < -0.39 is 11.7 Å². The summed E-state index contributed by atoms with van der Waals surface area (Å²) in [5.41, 5.74) is 0.272. The monoisotopic (exact) mass is 448 g/mol. The molecule has 9 heteroatoms. The number of nitrogens with zero attached hydrogens (tertiary/aromatic N) is 4. The Balaban J connectivity index is 0.00000141. The van der Waals surface area contributed by atoms with Crippen LogP contribution in [0.2, 0.25) is 0 Å². The molecule has 4 rings (SSSR count). The number of carbonyl (C=O) groups is 2. The van der Waals surface area contributed by atoms with Crippen molar-refractivity contribution in [3.63, 3.8) is 0 Å². The van der Waals surface area contributed by atoms with Gasteiger partial charge in [0.2, 0.25) is 5.91 Å². The smallest absolute Gasteiger partial charge is 0.408 e. The van der Waals surface area contributed by atoms with Crippen molar-refractivity contribution < 1.29 is 17.2 Å². The molecule has 180 valence electrons. The van der Waals surface area contributed by atoms with E-state index in [1.165, 1.54) is 0 Å². The van der Waals surface area contributed by atoms with Crippen molar-refractivity contribution in [1.82, 2.24) is 25.2 Å². The minimum atomic E-state index is -0.575. The number of fused-ring (bicyclic) bond motifs is 2. The third kappa shape index (κ3) is 5.31. The van der Waals surface area contributed by atoms with Crippen molar-refractivity contribution >= 4 is 28.9 Å². The number of nitrogens with one attached hydrogen (secondary N) is 2. The van der Waals surface area contributed by atoms with Gasteiger partial charge >= 0.3 is 6.09 Å². The first-order valence-electron chi connectivity index (χ1n) is 11.5. The highest BCUT2D eigenvalue weighted by Crippen LogP contribution is 2.41. The van der Waals surface area contributed by atoms with Gasteiger partial charge in [0.15, 0.2) is 0 Å². The number of amides is 2. The molecule has 3 heterocycles. The van der Waals surface area contributed by atoms with E-state index >= 15 is 0 Å². The van der Waals surface area contributed by atoms with E-state index in [-0.39, 0.29) is 15.3 Å². The molecule has 2 amide bonds. The van der Waals surface area contributed by atoms with Gasteiger partial charge in [-0.3, -0.25) is 4.79 Å². The Morgan fingerprint density at radius 2 is 1.91 bits per heavy atom. The van der Waals surface area contributed by atoms with Crippen LogP contribution in [-0.2, 0) is 9.53 Å². The molecule has 2 aromatic rings. The molecule has 1 aliphatic heterocycles. The van der Waals surface area contributed by atoms with Crippen molar-refractivity contribution in [2.75, 3.05) is 31.6 Å².